The normalized spacial score (nSPS) is 11.2. The summed E-state index contributed by atoms with van der Waals surface area (Å²) in [4.78, 5) is 0. The van der Waals surface area contributed by atoms with Gasteiger partial charge in [-0.15, -0.1) is 5.11 Å². The molecule has 1 heterocycles. The number of azo groups is 1. The molecule has 1 aromatic heterocycles. The van der Waals surface area contributed by atoms with E-state index in [0.29, 0.717) is 0 Å². The summed E-state index contributed by atoms with van der Waals surface area (Å²) in [5.74, 6) is 0.810. The van der Waals surface area contributed by atoms with Gasteiger partial charge in [0.25, 0.3) is 0 Å². The van der Waals surface area contributed by atoms with Crippen LogP contribution in [0.15, 0.2) is 34.5 Å². The van der Waals surface area contributed by atoms with E-state index in [9.17, 15) is 0 Å². The molecule has 0 saturated heterocycles. The molecule has 1 aromatic carbocycles. The van der Waals surface area contributed by atoms with Crippen LogP contribution in [0.5, 0.6) is 5.75 Å². The first-order valence-corrected chi connectivity index (χ1v) is 6.25. The standard InChI is InChI=1S/C14H18N4O/c1-5-18-11(3)14(10(2)17-18)16-15-12-6-8-13(19-4)9-7-12/h6-9H,5H2,1-4H3. The molecule has 0 aliphatic heterocycles. The van der Waals surface area contributed by atoms with Crippen molar-refractivity contribution in [2.75, 3.05) is 7.11 Å². The first-order chi connectivity index (χ1) is 9.15. The van der Waals surface area contributed by atoms with Crippen LogP contribution in [0.3, 0.4) is 0 Å². The Kier molecular flexibility index (Phi) is 3.94. The molecule has 100 valence electrons. The Morgan fingerprint density at radius 1 is 1.16 bits per heavy atom. The van der Waals surface area contributed by atoms with Crippen molar-refractivity contribution >= 4 is 11.4 Å². The number of hydrogen-bond donors (Lipinski definition) is 0. The number of ether oxygens (including phenoxy) is 1. The fourth-order valence-electron chi connectivity index (χ4n) is 1.90. The lowest BCUT2D eigenvalue weighted by molar-refractivity contribution is 0.415. The van der Waals surface area contributed by atoms with Crippen molar-refractivity contribution in [1.29, 1.82) is 0 Å². The fraction of sp³-hybridized carbons (Fsp3) is 0.357. The molecule has 2 rings (SSSR count). The molecule has 0 atom stereocenters. The van der Waals surface area contributed by atoms with E-state index in [1.165, 1.54) is 0 Å². The minimum Gasteiger partial charge on any atom is -0.497 e. The van der Waals surface area contributed by atoms with Crippen LogP contribution in [0.25, 0.3) is 0 Å². The molecule has 19 heavy (non-hydrogen) atoms. The number of nitrogens with zero attached hydrogens (tertiary/aromatic N) is 4. The van der Waals surface area contributed by atoms with E-state index in [1.807, 2.05) is 42.8 Å². The Balaban J connectivity index is 2.24. The van der Waals surface area contributed by atoms with Crippen LogP contribution in [0.1, 0.15) is 18.3 Å². The van der Waals surface area contributed by atoms with Gasteiger partial charge in [-0.3, -0.25) is 4.68 Å². The van der Waals surface area contributed by atoms with Crippen molar-refractivity contribution in [2.45, 2.75) is 27.3 Å². The van der Waals surface area contributed by atoms with Crippen LogP contribution in [-0.2, 0) is 6.54 Å². The van der Waals surface area contributed by atoms with Crippen molar-refractivity contribution in [3.8, 4) is 5.75 Å². The van der Waals surface area contributed by atoms with E-state index in [2.05, 4.69) is 22.3 Å². The second kappa shape index (κ2) is 5.65. The fourth-order valence-corrected chi connectivity index (χ4v) is 1.90. The van der Waals surface area contributed by atoms with Crippen molar-refractivity contribution in [3.05, 3.63) is 35.7 Å². The van der Waals surface area contributed by atoms with E-state index in [4.69, 9.17) is 4.74 Å². The Bertz CT molecular complexity index is 584. The zero-order valence-electron chi connectivity index (χ0n) is 11.7. The monoisotopic (exact) mass is 258 g/mol. The minimum atomic E-state index is 0.795. The summed E-state index contributed by atoms with van der Waals surface area (Å²) in [5, 5.41) is 12.9. The summed E-state index contributed by atoms with van der Waals surface area (Å²) >= 11 is 0. The van der Waals surface area contributed by atoms with Crippen molar-refractivity contribution in [1.82, 2.24) is 9.78 Å². The number of benzene rings is 1. The predicted octanol–water partition coefficient (Wildman–Crippen LogP) is 3.94. The van der Waals surface area contributed by atoms with Gasteiger partial charge >= 0.3 is 0 Å². The van der Waals surface area contributed by atoms with E-state index in [-0.39, 0.29) is 0 Å². The first kappa shape index (κ1) is 13.3. The van der Waals surface area contributed by atoms with Crippen LogP contribution in [0, 0.1) is 13.8 Å². The summed E-state index contributed by atoms with van der Waals surface area (Å²) < 4.78 is 7.03. The summed E-state index contributed by atoms with van der Waals surface area (Å²) in [6, 6.07) is 7.47. The topological polar surface area (TPSA) is 51.8 Å². The lowest BCUT2D eigenvalue weighted by Gasteiger charge is -1.99. The Morgan fingerprint density at radius 2 is 1.84 bits per heavy atom. The summed E-state index contributed by atoms with van der Waals surface area (Å²) in [5.41, 5.74) is 3.58. The minimum absolute atomic E-state index is 0.795. The van der Waals surface area contributed by atoms with Gasteiger partial charge in [0.15, 0.2) is 0 Å². The van der Waals surface area contributed by atoms with Gasteiger partial charge in [-0.25, -0.2) is 0 Å². The number of aromatic nitrogens is 2. The lowest BCUT2D eigenvalue weighted by Crippen LogP contribution is -1.98. The van der Waals surface area contributed by atoms with Gasteiger partial charge < -0.3 is 4.74 Å². The van der Waals surface area contributed by atoms with Crippen LogP contribution >= 0.6 is 0 Å². The van der Waals surface area contributed by atoms with Gasteiger partial charge in [-0.05, 0) is 45.0 Å². The maximum Gasteiger partial charge on any atom is 0.129 e. The highest BCUT2D eigenvalue weighted by molar-refractivity contribution is 5.47. The van der Waals surface area contributed by atoms with Crippen LogP contribution in [-0.4, -0.2) is 16.9 Å². The largest absolute Gasteiger partial charge is 0.497 e. The molecule has 0 fully saturated rings. The molecule has 0 N–H and O–H groups in total. The molecule has 2 aromatic rings. The average molecular weight is 258 g/mol. The SMILES string of the molecule is CCn1nc(C)c(N=Nc2ccc(OC)cc2)c1C. The van der Waals surface area contributed by atoms with E-state index in [1.54, 1.807) is 7.11 Å². The highest BCUT2D eigenvalue weighted by Crippen LogP contribution is 2.26. The second-order valence-corrected chi connectivity index (χ2v) is 4.23. The molecule has 0 amide bonds. The molecule has 0 saturated carbocycles. The zero-order valence-corrected chi connectivity index (χ0v) is 11.7. The zero-order chi connectivity index (χ0) is 13.8. The smallest absolute Gasteiger partial charge is 0.129 e. The predicted molar refractivity (Wildman–Crippen MR) is 74.5 cm³/mol. The third-order valence-corrected chi connectivity index (χ3v) is 2.98. The third kappa shape index (κ3) is 2.81. The molecule has 0 radical (unpaired) electrons. The lowest BCUT2D eigenvalue weighted by atomic mass is 10.3. The Hall–Kier alpha value is -2.17. The molecule has 0 unspecified atom stereocenters. The van der Waals surface area contributed by atoms with Crippen LogP contribution < -0.4 is 4.74 Å². The van der Waals surface area contributed by atoms with Gasteiger partial charge in [-0.2, -0.15) is 10.2 Å². The van der Waals surface area contributed by atoms with E-state index in [0.717, 1.165) is 35.1 Å². The van der Waals surface area contributed by atoms with Gasteiger partial charge in [-0.1, -0.05) is 0 Å². The van der Waals surface area contributed by atoms with Gasteiger partial charge in [0, 0.05) is 6.54 Å². The number of hydrogen-bond acceptors (Lipinski definition) is 4. The highest BCUT2D eigenvalue weighted by atomic mass is 16.5. The molecule has 0 spiro atoms. The summed E-state index contributed by atoms with van der Waals surface area (Å²) in [7, 11) is 1.64. The number of rotatable bonds is 4. The molecule has 5 heteroatoms. The molecule has 0 aliphatic carbocycles. The van der Waals surface area contributed by atoms with Gasteiger partial charge in [0.1, 0.15) is 11.4 Å². The second-order valence-electron chi connectivity index (χ2n) is 4.23. The van der Waals surface area contributed by atoms with E-state index < -0.39 is 0 Å². The summed E-state index contributed by atoms with van der Waals surface area (Å²) in [6.07, 6.45) is 0. The molecule has 0 aliphatic rings. The third-order valence-electron chi connectivity index (χ3n) is 2.98. The van der Waals surface area contributed by atoms with Gasteiger partial charge in [0.05, 0.1) is 24.2 Å². The number of aryl methyl sites for hydroxylation is 2. The Labute approximate surface area is 112 Å². The van der Waals surface area contributed by atoms with E-state index >= 15 is 0 Å². The van der Waals surface area contributed by atoms with Crippen molar-refractivity contribution < 1.29 is 4.74 Å². The maximum absolute atomic E-state index is 5.10. The molecular formula is C14H18N4O. The van der Waals surface area contributed by atoms with Crippen LogP contribution in [0.2, 0.25) is 0 Å². The number of methoxy groups -OCH3 is 1. The van der Waals surface area contributed by atoms with Crippen molar-refractivity contribution in [2.24, 2.45) is 10.2 Å². The average Bonchev–Trinajstić information content (AvgIpc) is 2.72. The Morgan fingerprint density at radius 3 is 2.37 bits per heavy atom. The van der Waals surface area contributed by atoms with Gasteiger partial charge in [0.2, 0.25) is 0 Å². The molecule has 5 nitrogen and oxygen atoms in total. The molecular weight excluding hydrogens is 240 g/mol. The maximum atomic E-state index is 5.10. The molecule has 0 bridgehead atoms. The van der Waals surface area contributed by atoms with Crippen LogP contribution in [0.4, 0.5) is 11.4 Å². The quantitative estimate of drug-likeness (QED) is 0.780. The highest BCUT2D eigenvalue weighted by Gasteiger charge is 2.09. The van der Waals surface area contributed by atoms with Crippen molar-refractivity contribution in [3.63, 3.8) is 0 Å². The first-order valence-electron chi connectivity index (χ1n) is 6.25. The summed E-state index contributed by atoms with van der Waals surface area (Å²) in [6.45, 7) is 6.85.